The second-order valence-corrected chi connectivity index (χ2v) is 10.8. The van der Waals surface area contributed by atoms with Gasteiger partial charge in [-0.1, -0.05) is 78.9 Å². The topological polar surface area (TPSA) is 87.0 Å². The van der Waals surface area contributed by atoms with E-state index in [1.807, 2.05) is 107 Å². The van der Waals surface area contributed by atoms with Crippen LogP contribution in [0.4, 0.5) is 0 Å². The normalized spacial score (nSPS) is 15.6. The molecular weight excluding hydrogens is 505 g/mol. The van der Waals surface area contributed by atoms with Crippen molar-refractivity contribution in [3.05, 3.63) is 118 Å². The largest absolute Gasteiger partial charge is 0.494 e. The molecule has 0 saturated carbocycles. The standard InChI is InChI=1S/C32H32BNO6/c1-31(2)32(3,4)40-33(39-31)26-16-12-23(13-17-26)21-38-28-27(35)18-19-37-29(28)30(36)34-20-22-10-14-25(15-11-22)24-8-6-5-7-9-24/h5-19H,20-21H2,1-4H3,(H,34,36). The molecule has 2 heterocycles. The quantitative estimate of drug-likeness (QED) is 0.314. The van der Waals surface area contributed by atoms with Gasteiger partial charge in [-0.3, -0.25) is 9.59 Å². The van der Waals surface area contributed by atoms with Crippen LogP contribution in [0.15, 0.2) is 100 Å². The summed E-state index contributed by atoms with van der Waals surface area (Å²) < 4.78 is 23.4. The molecule has 1 aliphatic rings. The van der Waals surface area contributed by atoms with E-state index in [4.69, 9.17) is 18.5 Å². The average Bonchev–Trinajstić information content (AvgIpc) is 3.18. The molecule has 0 aliphatic carbocycles. The summed E-state index contributed by atoms with van der Waals surface area (Å²) in [7, 11) is -0.467. The number of carbonyl (C=O) groups excluding carboxylic acids is 1. The summed E-state index contributed by atoms with van der Waals surface area (Å²) in [4.78, 5) is 25.5. The Morgan fingerprint density at radius 1 is 0.800 bits per heavy atom. The van der Waals surface area contributed by atoms with Gasteiger partial charge in [0.2, 0.25) is 16.9 Å². The highest BCUT2D eigenvalue weighted by molar-refractivity contribution is 6.62. The summed E-state index contributed by atoms with van der Waals surface area (Å²) >= 11 is 0. The minimum atomic E-state index is -0.532. The Kier molecular flexibility index (Phi) is 7.65. The van der Waals surface area contributed by atoms with E-state index in [9.17, 15) is 9.59 Å². The predicted octanol–water partition coefficient (Wildman–Crippen LogP) is 5.12. The Morgan fingerprint density at radius 2 is 1.40 bits per heavy atom. The third-order valence-corrected chi connectivity index (χ3v) is 7.44. The molecule has 40 heavy (non-hydrogen) atoms. The first-order chi connectivity index (χ1) is 19.1. The van der Waals surface area contributed by atoms with Crippen molar-refractivity contribution in [1.29, 1.82) is 0 Å². The summed E-state index contributed by atoms with van der Waals surface area (Å²) in [6.07, 6.45) is 1.19. The van der Waals surface area contributed by atoms with Gasteiger partial charge in [0.05, 0.1) is 17.5 Å². The van der Waals surface area contributed by atoms with Crippen LogP contribution >= 0.6 is 0 Å². The van der Waals surface area contributed by atoms with Crippen LogP contribution in [0.1, 0.15) is 49.4 Å². The van der Waals surface area contributed by atoms with Crippen LogP contribution in [0.2, 0.25) is 0 Å². The van der Waals surface area contributed by atoms with Crippen LogP contribution in [-0.4, -0.2) is 24.2 Å². The maximum atomic E-state index is 12.9. The van der Waals surface area contributed by atoms with Crippen LogP contribution in [0.5, 0.6) is 5.75 Å². The lowest BCUT2D eigenvalue weighted by molar-refractivity contribution is 0.00578. The molecule has 4 aromatic rings. The van der Waals surface area contributed by atoms with Crippen molar-refractivity contribution < 1.29 is 23.3 Å². The Labute approximate surface area is 234 Å². The SMILES string of the molecule is CC1(C)OB(c2ccc(COc3c(C(=O)NCc4ccc(-c5ccccc5)cc4)occc3=O)cc2)OC1(C)C. The van der Waals surface area contributed by atoms with E-state index in [0.29, 0.717) is 0 Å². The lowest BCUT2D eigenvalue weighted by Crippen LogP contribution is -2.41. The number of nitrogens with one attached hydrogen (secondary N) is 1. The third-order valence-electron chi connectivity index (χ3n) is 7.44. The van der Waals surface area contributed by atoms with Crippen molar-refractivity contribution in [2.24, 2.45) is 0 Å². The number of benzene rings is 3. The minimum absolute atomic E-state index is 0.0830. The average molecular weight is 537 g/mol. The van der Waals surface area contributed by atoms with E-state index in [1.165, 1.54) is 12.3 Å². The van der Waals surface area contributed by atoms with Crippen molar-refractivity contribution in [2.45, 2.75) is 52.0 Å². The van der Waals surface area contributed by atoms with Crippen molar-refractivity contribution >= 4 is 18.5 Å². The molecule has 1 amide bonds. The van der Waals surface area contributed by atoms with Crippen molar-refractivity contribution in [3.8, 4) is 16.9 Å². The van der Waals surface area contributed by atoms with Crippen molar-refractivity contribution in [3.63, 3.8) is 0 Å². The lowest BCUT2D eigenvalue weighted by Gasteiger charge is -2.32. The molecule has 1 aliphatic heterocycles. The van der Waals surface area contributed by atoms with Gasteiger partial charge in [-0.05, 0) is 55.4 Å². The summed E-state index contributed by atoms with van der Waals surface area (Å²) in [5.41, 5.74) is 3.53. The third kappa shape index (κ3) is 5.88. The second-order valence-electron chi connectivity index (χ2n) is 10.8. The lowest BCUT2D eigenvalue weighted by atomic mass is 9.79. The van der Waals surface area contributed by atoms with Crippen LogP contribution in [0.3, 0.4) is 0 Å². The smallest absolute Gasteiger partial charge is 0.481 e. The molecule has 5 rings (SSSR count). The first-order valence-electron chi connectivity index (χ1n) is 13.2. The number of carbonyl (C=O) groups is 1. The van der Waals surface area contributed by atoms with Gasteiger partial charge in [0.15, 0.2) is 0 Å². The van der Waals surface area contributed by atoms with E-state index in [-0.39, 0.29) is 24.7 Å². The fraction of sp³-hybridized carbons (Fsp3) is 0.250. The first-order valence-corrected chi connectivity index (χ1v) is 13.2. The van der Waals surface area contributed by atoms with Crippen LogP contribution < -0.4 is 20.9 Å². The summed E-state index contributed by atoms with van der Waals surface area (Å²) in [6.45, 7) is 8.39. The molecule has 204 valence electrons. The first kappa shape index (κ1) is 27.4. The maximum absolute atomic E-state index is 12.9. The van der Waals surface area contributed by atoms with Gasteiger partial charge in [-0.15, -0.1) is 0 Å². The number of rotatable bonds is 8. The summed E-state index contributed by atoms with van der Waals surface area (Å²) in [6, 6.07) is 26.8. The summed E-state index contributed by atoms with van der Waals surface area (Å²) in [5.74, 6) is -0.826. The molecule has 0 atom stereocenters. The minimum Gasteiger partial charge on any atom is -0.481 e. The molecule has 8 heteroatoms. The fourth-order valence-electron chi connectivity index (χ4n) is 4.31. The molecule has 1 fully saturated rings. The Hall–Kier alpha value is -4.14. The fourth-order valence-corrected chi connectivity index (χ4v) is 4.31. The van der Waals surface area contributed by atoms with E-state index < -0.39 is 29.7 Å². The van der Waals surface area contributed by atoms with Gasteiger partial charge >= 0.3 is 7.12 Å². The maximum Gasteiger partial charge on any atom is 0.494 e. The van der Waals surface area contributed by atoms with E-state index in [1.54, 1.807) is 0 Å². The molecule has 1 N–H and O–H groups in total. The van der Waals surface area contributed by atoms with Gasteiger partial charge in [-0.2, -0.15) is 0 Å². The predicted molar refractivity (Wildman–Crippen MR) is 155 cm³/mol. The zero-order valence-electron chi connectivity index (χ0n) is 23.1. The number of hydrogen-bond acceptors (Lipinski definition) is 6. The van der Waals surface area contributed by atoms with Crippen LogP contribution in [0.25, 0.3) is 11.1 Å². The van der Waals surface area contributed by atoms with Gasteiger partial charge in [-0.25, -0.2) is 0 Å². The van der Waals surface area contributed by atoms with Gasteiger partial charge in [0, 0.05) is 12.6 Å². The van der Waals surface area contributed by atoms with Crippen molar-refractivity contribution in [2.75, 3.05) is 0 Å². The highest BCUT2D eigenvalue weighted by Gasteiger charge is 2.51. The zero-order valence-corrected chi connectivity index (χ0v) is 23.1. The Balaban J connectivity index is 1.21. The second kappa shape index (κ2) is 11.2. The van der Waals surface area contributed by atoms with Gasteiger partial charge in [0.25, 0.3) is 5.91 Å². The number of ether oxygens (including phenoxy) is 1. The molecular formula is C32H32BNO6. The summed E-state index contributed by atoms with van der Waals surface area (Å²) in [5, 5.41) is 2.81. The zero-order chi connectivity index (χ0) is 28.3. The molecule has 1 saturated heterocycles. The van der Waals surface area contributed by atoms with Gasteiger partial charge in [0.1, 0.15) is 6.61 Å². The van der Waals surface area contributed by atoms with E-state index >= 15 is 0 Å². The number of hydrogen-bond donors (Lipinski definition) is 1. The van der Waals surface area contributed by atoms with Crippen LogP contribution in [-0.2, 0) is 22.5 Å². The van der Waals surface area contributed by atoms with Gasteiger partial charge < -0.3 is 23.8 Å². The van der Waals surface area contributed by atoms with E-state index in [2.05, 4.69) is 5.32 Å². The monoisotopic (exact) mass is 537 g/mol. The highest BCUT2D eigenvalue weighted by atomic mass is 16.7. The molecule has 0 spiro atoms. The van der Waals surface area contributed by atoms with E-state index in [0.717, 1.165) is 27.7 Å². The molecule has 0 unspecified atom stereocenters. The number of amides is 1. The highest BCUT2D eigenvalue weighted by Crippen LogP contribution is 2.36. The molecule has 0 radical (unpaired) electrons. The van der Waals surface area contributed by atoms with Crippen LogP contribution in [0, 0.1) is 0 Å². The Bertz CT molecular complexity index is 1510. The molecule has 7 nitrogen and oxygen atoms in total. The van der Waals surface area contributed by atoms with Crippen molar-refractivity contribution in [1.82, 2.24) is 5.32 Å². The Morgan fingerprint density at radius 3 is 2.05 bits per heavy atom. The molecule has 3 aromatic carbocycles. The molecule has 1 aromatic heterocycles. The molecule has 0 bridgehead atoms.